The van der Waals surface area contributed by atoms with Gasteiger partial charge in [0.1, 0.15) is 11.6 Å². The van der Waals surface area contributed by atoms with E-state index in [1.54, 1.807) is 0 Å². The van der Waals surface area contributed by atoms with E-state index < -0.39 is 0 Å². The first-order valence-corrected chi connectivity index (χ1v) is 9.16. The van der Waals surface area contributed by atoms with Crippen LogP contribution in [0.25, 0.3) is 0 Å². The number of hydrazone groups is 1. The van der Waals surface area contributed by atoms with Gasteiger partial charge in [-0.3, -0.25) is 9.69 Å². The van der Waals surface area contributed by atoms with Gasteiger partial charge in [0.25, 0.3) is 0 Å². The van der Waals surface area contributed by atoms with Crippen molar-refractivity contribution in [2.45, 2.75) is 52.0 Å². The number of ether oxygens (including phenoxy) is 1. The van der Waals surface area contributed by atoms with Gasteiger partial charge in [-0.25, -0.2) is 5.43 Å². The quantitative estimate of drug-likeness (QED) is 0.312. The zero-order valence-electron chi connectivity index (χ0n) is 15.2. The van der Waals surface area contributed by atoms with Crippen LogP contribution >= 0.6 is 0 Å². The second kappa shape index (κ2) is 10.7. The van der Waals surface area contributed by atoms with Gasteiger partial charge < -0.3 is 10.5 Å². The molecule has 1 aromatic carbocycles. The average molecular weight is 346 g/mol. The summed E-state index contributed by atoms with van der Waals surface area (Å²) in [4.78, 5) is 13.3. The van der Waals surface area contributed by atoms with E-state index in [1.165, 1.54) is 44.8 Å². The van der Waals surface area contributed by atoms with Gasteiger partial charge in [0.2, 0.25) is 5.91 Å². The molecule has 138 valence electrons. The van der Waals surface area contributed by atoms with Crippen LogP contribution in [-0.4, -0.2) is 36.3 Å². The molecule has 1 fully saturated rings. The van der Waals surface area contributed by atoms with Crippen LogP contribution in [0.3, 0.4) is 0 Å². The lowest BCUT2D eigenvalue weighted by Crippen LogP contribution is -2.29. The summed E-state index contributed by atoms with van der Waals surface area (Å²) in [5.74, 6) is 1.16. The molecule has 1 heterocycles. The standard InChI is InChI=1S/C19H30N4O2/c1-16(24)21-22-19(20)10-3-6-13-25-18-9-7-8-17(14-18)15-23-11-4-2-5-12-23/h7-9,14H,2-6,10-13,15H2,1H3,(H2,20,22)(H,21,24). The number of amidine groups is 1. The lowest BCUT2D eigenvalue weighted by Gasteiger charge is -2.26. The summed E-state index contributed by atoms with van der Waals surface area (Å²) in [5.41, 5.74) is 9.37. The van der Waals surface area contributed by atoms with E-state index in [0.717, 1.165) is 25.1 Å². The van der Waals surface area contributed by atoms with E-state index in [-0.39, 0.29) is 5.91 Å². The number of carbonyl (C=O) groups is 1. The van der Waals surface area contributed by atoms with Gasteiger partial charge >= 0.3 is 0 Å². The average Bonchev–Trinajstić information content (AvgIpc) is 2.61. The Morgan fingerprint density at radius 1 is 1.28 bits per heavy atom. The molecule has 0 radical (unpaired) electrons. The van der Waals surface area contributed by atoms with Crippen LogP contribution in [0.2, 0.25) is 0 Å². The SMILES string of the molecule is CC(=O)NN=C(N)CCCCOc1cccc(CN2CCCCC2)c1. The number of nitrogens with zero attached hydrogens (tertiary/aromatic N) is 2. The molecule has 6 nitrogen and oxygen atoms in total. The zero-order chi connectivity index (χ0) is 17.9. The Bertz CT molecular complexity index is 568. The van der Waals surface area contributed by atoms with E-state index >= 15 is 0 Å². The second-order valence-corrected chi connectivity index (χ2v) is 6.56. The minimum atomic E-state index is -0.212. The number of carbonyl (C=O) groups excluding carboxylic acids is 1. The summed E-state index contributed by atoms with van der Waals surface area (Å²) < 4.78 is 5.85. The van der Waals surface area contributed by atoms with Crippen LogP contribution in [0, 0.1) is 0 Å². The Hall–Kier alpha value is -2.08. The van der Waals surface area contributed by atoms with Crippen molar-refractivity contribution < 1.29 is 9.53 Å². The molecule has 25 heavy (non-hydrogen) atoms. The monoisotopic (exact) mass is 346 g/mol. The summed E-state index contributed by atoms with van der Waals surface area (Å²) in [6, 6.07) is 8.38. The number of benzene rings is 1. The third kappa shape index (κ3) is 8.03. The summed E-state index contributed by atoms with van der Waals surface area (Å²) >= 11 is 0. The number of amides is 1. The van der Waals surface area contributed by atoms with E-state index in [9.17, 15) is 4.79 Å². The first-order chi connectivity index (χ1) is 12.1. The summed E-state index contributed by atoms with van der Waals surface area (Å²) in [6.07, 6.45) is 6.41. The Labute approximate surface area is 150 Å². The fraction of sp³-hybridized carbons (Fsp3) is 0.579. The van der Waals surface area contributed by atoms with E-state index in [2.05, 4.69) is 33.6 Å². The first-order valence-electron chi connectivity index (χ1n) is 9.16. The third-order valence-corrected chi connectivity index (χ3v) is 4.21. The summed E-state index contributed by atoms with van der Waals surface area (Å²) in [6.45, 7) is 5.47. The molecule has 0 saturated carbocycles. The fourth-order valence-corrected chi connectivity index (χ4v) is 2.91. The largest absolute Gasteiger partial charge is 0.494 e. The summed E-state index contributed by atoms with van der Waals surface area (Å²) in [5, 5.41) is 3.80. The Balaban J connectivity index is 1.66. The van der Waals surface area contributed by atoms with Crippen LogP contribution in [0.15, 0.2) is 29.4 Å². The smallest absolute Gasteiger partial charge is 0.236 e. The highest BCUT2D eigenvalue weighted by Gasteiger charge is 2.10. The fourth-order valence-electron chi connectivity index (χ4n) is 2.91. The molecule has 1 aliphatic rings. The normalized spacial score (nSPS) is 15.8. The van der Waals surface area contributed by atoms with Crippen LogP contribution < -0.4 is 15.9 Å². The maximum Gasteiger partial charge on any atom is 0.236 e. The van der Waals surface area contributed by atoms with Gasteiger partial charge in [0.15, 0.2) is 0 Å². The number of piperidine rings is 1. The number of unbranched alkanes of at least 4 members (excludes halogenated alkanes) is 1. The first kappa shape index (κ1) is 19.2. The van der Waals surface area contributed by atoms with Gasteiger partial charge in [-0.05, 0) is 56.5 Å². The van der Waals surface area contributed by atoms with Gasteiger partial charge in [0.05, 0.1) is 6.61 Å². The number of hydrogen-bond donors (Lipinski definition) is 2. The van der Waals surface area contributed by atoms with E-state index in [4.69, 9.17) is 10.5 Å². The van der Waals surface area contributed by atoms with Crippen LogP contribution in [0.4, 0.5) is 0 Å². The van der Waals surface area contributed by atoms with Crippen molar-refractivity contribution in [3.8, 4) is 5.75 Å². The molecule has 0 bridgehead atoms. The highest BCUT2D eigenvalue weighted by molar-refractivity contribution is 5.82. The topological polar surface area (TPSA) is 80.0 Å². The van der Waals surface area contributed by atoms with Crippen molar-refractivity contribution >= 4 is 11.7 Å². The molecular formula is C19H30N4O2. The molecule has 1 saturated heterocycles. The van der Waals surface area contributed by atoms with Crippen LogP contribution in [0.5, 0.6) is 5.75 Å². The maximum absolute atomic E-state index is 10.7. The Morgan fingerprint density at radius 2 is 2.08 bits per heavy atom. The molecule has 0 spiro atoms. The van der Waals surface area contributed by atoms with Crippen molar-refractivity contribution in [3.05, 3.63) is 29.8 Å². The Kier molecular flexibility index (Phi) is 8.25. The third-order valence-electron chi connectivity index (χ3n) is 4.21. The minimum absolute atomic E-state index is 0.212. The molecular weight excluding hydrogens is 316 g/mol. The van der Waals surface area contributed by atoms with Crippen molar-refractivity contribution in [2.75, 3.05) is 19.7 Å². The predicted octanol–water partition coefficient (Wildman–Crippen LogP) is 2.63. The van der Waals surface area contributed by atoms with Crippen molar-refractivity contribution in [1.29, 1.82) is 0 Å². The second-order valence-electron chi connectivity index (χ2n) is 6.56. The molecule has 0 atom stereocenters. The number of likely N-dealkylation sites (tertiary alicyclic amines) is 1. The molecule has 6 heteroatoms. The van der Waals surface area contributed by atoms with E-state index in [0.29, 0.717) is 18.9 Å². The molecule has 1 aromatic rings. The van der Waals surface area contributed by atoms with Crippen molar-refractivity contribution in [3.63, 3.8) is 0 Å². The number of rotatable bonds is 9. The molecule has 0 unspecified atom stereocenters. The predicted molar refractivity (Wildman–Crippen MR) is 100 cm³/mol. The maximum atomic E-state index is 10.7. The molecule has 2 rings (SSSR count). The molecule has 1 aliphatic heterocycles. The highest BCUT2D eigenvalue weighted by atomic mass is 16.5. The molecule has 0 aliphatic carbocycles. The number of nitrogens with two attached hydrogens (primary N) is 1. The lowest BCUT2D eigenvalue weighted by molar-refractivity contribution is -0.118. The lowest BCUT2D eigenvalue weighted by atomic mass is 10.1. The van der Waals surface area contributed by atoms with Gasteiger partial charge in [-0.2, -0.15) is 5.10 Å². The van der Waals surface area contributed by atoms with Crippen LogP contribution in [-0.2, 0) is 11.3 Å². The number of nitrogens with one attached hydrogen (secondary N) is 1. The van der Waals surface area contributed by atoms with Crippen LogP contribution in [0.1, 0.15) is 51.0 Å². The zero-order valence-corrected chi connectivity index (χ0v) is 15.2. The minimum Gasteiger partial charge on any atom is -0.494 e. The highest BCUT2D eigenvalue weighted by Crippen LogP contribution is 2.18. The van der Waals surface area contributed by atoms with Crippen molar-refractivity contribution in [2.24, 2.45) is 10.8 Å². The van der Waals surface area contributed by atoms with Gasteiger partial charge in [0, 0.05) is 19.9 Å². The Morgan fingerprint density at radius 3 is 2.84 bits per heavy atom. The molecule has 0 aromatic heterocycles. The molecule has 3 N–H and O–H groups in total. The van der Waals surface area contributed by atoms with Gasteiger partial charge in [-0.1, -0.05) is 18.6 Å². The van der Waals surface area contributed by atoms with E-state index in [1.807, 2.05) is 6.07 Å². The summed E-state index contributed by atoms with van der Waals surface area (Å²) in [7, 11) is 0. The molecule has 1 amide bonds. The number of hydrogen-bond acceptors (Lipinski definition) is 4. The van der Waals surface area contributed by atoms with Crippen molar-refractivity contribution in [1.82, 2.24) is 10.3 Å². The van der Waals surface area contributed by atoms with Gasteiger partial charge in [-0.15, -0.1) is 0 Å².